The Morgan fingerprint density at radius 2 is 2.19 bits per heavy atom. The molecule has 1 saturated heterocycles. The second-order valence-corrected chi connectivity index (χ2v) is 5.30. The van der Waals surface area contributed by atoms with E-state index in [-0.39, 0.29) is 18.8 Å². The molecule has 94 valence electrons. The molecule has 4 heteroatoms. The SMILES string of the molecule is CC(NCC1CC(F)(F)C1)C1CCCOC1. The molecule has 1 aliphatic carbocycles. The molecule has 2 nitrogen and oxygen atoms in total. The smallest absolute Gasteiger partial charge is 0.248 e. The highest BCUT2D eigenvalue weighted by Gasteiger charge is 2.44. The Balaban J connectivity index is 1.62. The molecule has 1 heterocycles. The molecular formula is C12H21F2NO. The van der Waals surface area contributed by atoms with E-state index in [1.165, 1.54) is 6.42 Å². The van der Waals surface area contributed by atoms with E-state index in [1.807, 2.05) is 0 Å². The lowest BCUT2D eigenvalue weighted by atomic mass is 9.81. The molecule has 2 aliphatic rings. The fourth-order valence-corrected chi connectivity index (χ4v) is 2.61. The lowest BCUT2D eigenvalue weighted by Gasteiger charge is -2.37. The summed E-state index contributed by atoms with van der Waals surface area (Å²) < 4.78 is 30.7. The summed E-state index contributed by atoms with van der Waals surface area (Å²) in [4.78, 5) is 0. The molecule has 2 atom stereocenters. The first-order valence-electron chi connectivity index (χ1n) is 6.26. The predicted molar refractivity (Wildman–Crippen MR) is 58.7 cm³/mol. The van der Waals surface area contributed by atoms with Gasteiger partial charge in [-0.05, 0) is 38.1 Å². The molecule has 1 N–H and O–H groups in total. The van der Waals surface area contributed by atoms with Gasteiger partial charge in [0.2, 0.25) is 5.92 Å². The first kappa shape index (κ1) is 12.2. The number of rotatable bonds is 4. The van der Waals surface area contributed by atoms with Crippen molar-refractivity contribution in [2.75, 3.05) is 19.8 Å². The molecule has 0 aromatic rings. The topological polar surface area (TPSA) is 21.3 Å². The van der Waals surface area contributed by atoms with Gasteiger partial charge in [0.25, 0.3) is 0 Å². The van der Waals surface area contributed by atoms with Gasteiger partial charge in [-0.2, -0.15) is 0 Å². The molecule has 0 spiro atoms. The van der Waals surface area contributed by atoms with Gasteiger partial charge in [-0.15, -0.1) is 0 Å². The van der Waals surface area contributed by atoms with Gasteiger partial charge in [0.15, 0.2) is 0 Å². The second-order valence-electron chi connectivity index (χ2n) is 5.30. The maximum absolute atomic E-state index is 12.6. The molecule has 0 radical (unpaired) electrons. The van der Waals surface area contributed by atoms with E-state index in [9.17, 15) is 8.78 Å². The maximum Gasteiger partial charge on any atom is 0.248 e. The lowest BCUT2D eigenvalue weighted by Crippen LogP contribution is -2.45. The summed E-state index contributed by atoms with van der Waals surface area (Å²) in [7, 11) is 0. The fraction of sp³-hybridized carbons (Fsp3) is 1.00. The van der Waals surface area contributed by atoms with Gasteiger partial charge in [0.05, 0.1) is 6.61 Å². The van der Waals surface area contributed by atoms with E-state index in [1.54, 1.807) is 0 Å². The Labute approximate surface area is 95.7 Å². The van der Waals surface area contributed by atoms with E-state index in [0.29, 0.717) is 12.0 Å². The van der Waals surface area contributed by atoms with Crippen molar-refractivity contribution >= 4 is 0 Å². The summed E-state index contributed by atoms with van der Waals surface area (Å²) in [6, 6.07) is 0.384. The van der Waals surface area contributed by atoms with Gasteiger partial charge in [-0.25, -0.2) is 8.78 Å². The lowest BCUT2D eigenvalue weighted by molar-refractivity contribution is -0.110. The van der Waals surface area contributed by atoms with Crippen LogP contribution in [-0.4, -0.2) is 31.7 Å². The molecule has 2 rings (SSSR count). The number of nitrogens with one attached hydrogen (secondary N) is 1. The van der Waals surface area contributed by atoms with E-state index in [0.717, 1.165) is 26.2 Å². The summed E-state index contributed by atoms with van der Waals surface area (Å²) in [6.45, 7) is 4.55. The minimum absolute atomic E-state index is 0.0634. The highest BCUT2D eigenvalue weighted by molar-refractivity contribution is 4.88. The Hall–Kier alpha value is -0.220. The molecule has 1 saturated carbocycles. The van der Waals surface area contributed by atoms with Crippen LogP contribution in [0, 0.1) is 11.8 Å². The Kier molecular flexibility index (Phi) is 3.80. The van der Waals surface area contributed by atoms with Crippen LogP contribution in [0.25, 0.3) is 0 Å². The average molecular weight is 233 g/mol. The van der Waals surface area contributed by atoms with Gasteiger partial charge in [0, 0.05) is 25.5 Å². The van der Waals surface area contributed by atoms with Crippen molar-refractivity contribution < 1.29 is 13.5 Å². The molecule has 0 amide bonds. The largest absolute Gasteiger partial charge is 0.381 e. The first-order valence-corrected chi connectivity index (χ1v) is 6.26. The molecule has 16 heavy (non-hydrogen) atoms. The van der Waals surface area contributed by atoms with Crippen molar-refractivity contribution in [2.45, 2.75) is 44.6 Å². The van der Waals surface area contributed by atoms with Gasteiger partial charge < -0.3 is 10.1 Å². The standard InChI is InChI=1S/C12H21F2NO/c1-9(11-3-2-4-16-8-11)15-7-10-5-12(13,14)6-10/h9-11,15H,2-8H2,1H3. The summed E-state index contributed by atoms with van der Waals surface area (Å²) >= 11 is 0. The van der Waals surface area contributed by atoms with Gasteiger partial charge in [0.1, 0.15) is 0 Å². The zero-order chi connectivity index (χ0) is 11.6. The fourth-order valence-electron chi connectivity index (χ4n) is 2.61. The number of alkyl halides is 2. The van der Waals surface area contributed by atoms with E-state index < -0.39 is 5.92 Å². The Morgan fingerprint density at radius 1 is 1.44 bits per heavy atom. The van der Waals surface area contributed by atoms with Crippen molar-refractivity contribution in [3.63, 3.8) is 0 Å². The molecule has 1 aliphatic heterocycles. The van der Waals surface area contributed by atoms with Crippen LogP contribution in [-0.2, 0) is 4.74 Å². The van der Waals surface area contributed by atoms with Crippen LogP contribution in [0.15, 0.2) is 0 Å². The van der Waals surface area contributed by atoms with Crippen LogP contribution in [0.3, 0.4) is 0 Å². The van der Waals surface area contributed by atoms with Crippen molar-refractivity contribution in [3.8, 4) is 0 Å². The predicted octanol–water partition coefficient (Wildman–Crippen LogP) is 2.44. The number of halogens is 2. The summed E-state index contributed by atoms with van der Waals surface area (Å²) in [5.74, 6) is -1.67. The normalized spacial score (nSPS) is 32.1. The van der Waals surface area contributed by atoms with Crippen molar-refractivity contribution in [1.29, 1.82) is 0 Å². The van der Waals surface area contributed by atoms with E-state index in [4.69, 9.17) is 4.74 Å². The van der Waals surface area contributed by atoms with E-state index in [2.05, 4.69) is 12.2 Å². The summed E-state index contributed by atoms with van der Waals surface area (Å²) in [5.41, 5.74) is 0. The maximum atomic E-state index is 12.6. The van der Waals surface area contributed by atoms with Gasteiger partial charge in [-0.1, -0.05) is 0 Å². The number of hydrogen-bond donors (Lipinski definition) is 1. The van der Waals surface area contributed by atoms with Crippen LogP contribution < -0.4 is 5.32 Å². The highest BCUT2D eigenvalue weighted by Crippen LogP contribution is 2.41. The molecule has 0 bridgehead atoms. The van der Waals surface area contributed by atoms with Crippen molar-refractivity contribution in [3.05, 3.63) is 0 Å². The molecule has 2 unspecified atom stereocenters. The van der Waals surface area contributed by atoms with Crippen LogP contribution in [0.5, 0.6) is 0 Å². The van der Waals surface area contributed by atoms with Crippen LogP contribution in [0.4, 0.5) is 8.78 Å². The molecular weight excluding hydrogens is 212 g/mol. The van der Waals surface area contributed by atoms with Crippen LogP contribution >= 0.6 is 0 Å². The minimum atomic E-state index is -2.39. The summed E-state index contributed by atoms with van der Waals surface area (Å²) in [6.07, 6.45) is 2.44. The minimum Gasteiger partial charge on any atom is -0.381 e. The van der Waals surface area contributed by atoms with Gasteiger partial charge in [-0.3, -0.25) is 0 Å². The molecule has 2 fully saturated rings. The molecule has 0 aromatic carbocycles. The highest BCUT2D eigenvalue weighted by atomic mass is 19.3. The van der Waals surface area contributed by atoms with E-state index >= 15 is 0 Å². The third kappa shape index (κ3) is 3.14. The van der Waals surface area contributed by atoms with Crippen molar-refractivity contribution in [2.24, 2.45) is 11.8 Å². The Bertz CT molecular complexity index is 221. The third-order valence-corrected chi connectivity index (χ3v) is 3.81. The third-order valence-electron chi connectivity index (χ3n) is 3.81. The van der Waals surface area contributed by atoms with Crippen LogP contribution in [0.2, 0.25) is 0 Å². The zero-order valence-electron chi connectivity index (χ0n) is 9.85. The van der Waals surface area contributed by atoms with Crippen molar-refractivity contribution in [1.82, 2.24) is 5.32 Å². The van der Waals surface area contributed by atoms with Crippen LogP contribution in [0.1, 0.15) is 32.6 Å². The number of ether oxygens (including phenoxy) is 1. The monoisotopic (exact) mass is 233 g/mol. The average Bonchev–Trinajstić information content (AvgIpc) is 2.24. The molecule has 0 aromatic heterocycles. The Morgan fingerprint density at radius 3 is 2.75 bits per heavy atom. The second kappa shape index (κ2) is 4.96. The zero-order valence-corrected chi connectivity index (χ0v) is 9.85. The quantitative estimate of drug-likeness (QED) is 0.805. The van der Waals surface area contributed by atoms with Gasteiger partial charge >= 0.3 is 0 Å². The summed E-state index contributed by atoms with van der Waals surface area (Å²) in [5, 5.41) is 3.38. The number of hydrogen-bond acceptors (Lipinski definition) is 2. The first-order chi connectivity index (χ1) is 7.57.